The van der Waals surface area contributed by atoms with Crippen molar-refractivity contribution >= 4 is 0 Å². The Morgan fingerprint density at radius 3 is 2.81 bits per heavy atom. The molecule has 4 heteroatoms. The quantitative estimate of drug-likeness (QED) is 0.885. The molecule has 1 aromatic heterocycles. The van der Waals surface area contributed by atoms with E-state index in [-0.39, 0.29) is 6.10 Å². The highest BCUT2D eigenvalue weighted by molar-refractivity contribution is 5.66. The molecule has 1 aromatic carbocycles. The third kappa shape index (κ3) is 3.45. The molecule has 112 valence electrons. The SMILES string of the molecule is OC(COc1ccccc1-c1cnc[nH]1)C1CCCCC1. The summed E-state index contributed by atoms with van der Waals surface area (Å²) in [7, 11) is 0. The minimum atomic E-state index is -0.375. The topological polar surface area (TPSA) is 58.1 Å². The molecule has 1 fully saturated rings. The van der Waals surface area contributed by atoms with E-state index in [0.29, 0.717) is 12.5 Å². The van der Waals surface area contributed by atoms with Gasteiger partial charge >= 0.3 is 0 Å². The number of aromatic amines is 1. The minimum Gasteiger partial charge on any atom is -0.490 e. The molecule has 2 aromatic rings. The van der Waals surface area contributed by atoms with Crippen molar-refractivity contribution in [2.24, 2.45) is 5.92 Å². The summed E-state index contributed by atoms with van der Waals surface area (Å²) in [6, 6.07) is 7.85. The van der Waals surface area contributed by atoms with Gasteiger partial charge in [0.25, 0.3) is 0 Å². The van der Waals surface area contributed by atoms with Crippen molar-refractivity contribution in [3.05, 3.63) is 36.8 Å². The number of aliphatic hydroxyl groups excluding tert-OH is 1. The second-order valence-electron chi connectivity index (χ2n) is 5.74. The standard InChI is InChI=1S/C17H22N2O2/c20-16(13-6-2-1-3-7-13)11-21-17-9-5-4-8-14(17)15-10-18-12-19-15/h4-5,8-10,12-13,16,20H,1-3,6-7,11H2,(H,18,19). The van der Waals surface area contributed by atoms with Gasteiger partial charge in [-0.1, -0.05) is 31.4 Å². The van der Waals surface area contributed by atoms with Crippen LogP contribution in [0.2, 0.25) is 0 Å². The van der Waals surface area contributed by atoms with Gasteiger partial charge in [-0.2, -0.15) is 0 Å². The molecule has 0 radical (unpaired) electrons. The maximum absolute atomic E-state index is 10.3. The lowest BCUT2D eigenvalue weighted by Gasteiger charge is -2.26. The van der Waals surface area contributed by atoms with Crippen molar-refractivity contribution in [3.63, 3.8) is 0 Å². The van der Waals surface area contributed by atoms with Gasteiger partial charge in [0.2, 0.25) is 0 Å². The van der Waals surface area contributed by atoms with Crippen molar-refractivity contribution in [2.45, 2.75) is 38.2 Å². The third-order valence-electron chi connectivity index (χ3n) is 4.28. The van der Waals surface area contributed by atoms with Crippen molar-refractivity contribution in [2.75, 3.05) is 6.61 Å². The van der Waals surface area contributed by atoms with Crippen molar-refractivity contribution in [1.82, 2.24) is 9.97 Å². The van der Waals surface area contributed by atoms with E-state index in [2.05, 4.69) is 9.97 Å². The third-order valence-corrected chi connectivity index (χ3v) is 4.28. The number of hydrogen-bond acceptors (Lipinski definition) is 3. The average Bonchev–Trinajstić information content (AvgIpc) is 3.08. The molecule has 1 aliphatic carbocycles. The van der Waals surface area contributed by atoms with Crippen LogP contribution in [0.1, 0.15) is 32.1 Å². The van der Waals surface area contributed by atoms with Gasteiger partial charge in [0.1, 0.15) is 12.4 Å². The molecule has 21 heavy (non-hydrogen) atoms. The zero-order chi connectivity index (χ0) is 14.5. The Balaban J connectivity index is 1.65. The number of rotatable bonds is 5. The monoisotopic (exact) mass is 286 g/mol. The molecule has 0 amide bonds. The highest BCUT2D eigenvalue weighted by Crippen LogP contribution is 2.30. The predicted molar refractivity (Wildman–Crippen MR) is 82.1 cm³/mol. The van der Waals surface area contributed by atoms with Gasteiger partial charge in [-0.25, -0.2) is 4.98 Å². The van der Waals surface area contributed by atoms with Crippen LogP contribution in [0.5, 0.6) is 5.75 Å². The molecule has 4 nitrogen and oxygen atoms in total. The first-order valence-electron chi connectivity index (χ1n) is 7.73. The lowest BCUT2D eigenvalue weighted by Crippen LogP contribution is -2.28. The molecule has 3 rings (SSSR count). The van der Waals surface area contributed by atoms with Crippen LogP contribution in [-0.2, 0) is 0 Å². The molecule has 0 spiro atoms. The van der Waals surface area contributed by atoms with Crippen LogP contribution < -0.4 is 4.74 Å². The number of para-hydroxylation sites is 1. The Morgan fingerprint density at radius 2 is 2.05 bits per heavy atom. The lowest BCUT2D eigenvalue weighted by atomic mass is 9.85. The molecule has 2 N–H and O–H groups in total. The van der Waals surface area contributed by atoms with E-state index in [1.165, 1.54) is 19.3 Å². The zero-order valence-electron chi connectivity index (χ0n) is 12.2. The number of imidazole rings is 1. The van der Waals surface area contributed by atoms with Gasteiger partial charge in [0.15, 0.2) is 0 Å². The van der Waals surface area contributed by atoms with Crippen LogP contribution in [0.25, 0.3) is 11.3 Å². The van der Waals surface area contributed by atoms with Gasteiger partial charge < -0.3 is 14.8 Å². The van der Waals surface area contributed by atoms with E-state index in [9.17, 15) is 5.11 Å². The first-order valence-corrected chi connectivity index (χ1v) is 7.73. The lowest BCUT2D eigenvalue weighted by molar-refractivity contribution is 0.0415. The summed E-state index contributed by atoms with van der Waals surface area (Å²) in [5.74, 6) is 1.18. The van der Waals surface area contributed by atoms with E-state index < -0.39 is 0 Å². The van der Waals surface area contributed by atoms with Crippen molar-refractivity contribution in [3.8, 4) is 17.0 Å². The second-order valence-corrected chi connectivity index (χ2v) is 5.74. The number of hydrogen-bond donors (Lipinski definition) is 2. The number of ether oxygens (including phenoxy) is 1. The smallest absolute Gasteiger partial charge is 0.128 e. The maximum atomic E-state index is 10.3. The van der Waals surface area contributed by atoms with E-state index >= 15 is 0 Å². The van der Waals surface area contributed by atoms with Crippen LogP contribution in [0.4, 0.5) is 0 Å². The van der Waals surface area contributed by atoms with Crippen LogP contribution in [0.15, 0.2) is 36.8 Å². The van der Waals surface area contributed by atoms with Gasteiger partial charge in [-0.3, -0.25) is 0 Å². The highest BCUT2D eigenvalue weighted by atomic mass is 16.5. The summed E-state index contributed by atoms with van der Waals surface area (Å²) in [6.45, 7) is 0.357. The fourth-order valence-electron chi connectivity index (χ4n) is 3.05. The van der Waals surface area contributed by atoms with Gasteiger partial charge in [0, 0.05) is 5.56 Å². The van der Waals surface area contributed by atoms with Crippen LogP contribution >= 0.6 is 0 Å². The minimum absolute atomic E-state index is 0.357. The molecule has 0 bridgehead atoms. The Hall–Kier alpha value is -1.81. The first-order chi connectivity index (χ1) is 10.3. The van der Waals surface area contributed by atoms with Crippen molar-refractivity contribution in [1.29, 1.82) is 0 Å². The fraction of sp³-hybridized carbons (Fsp3) is 0.471. The molecular formula is C17H22N2O2. The number of H-pyrrole nitrogens is 1. The number of nitrogens with one attached hydrogen (secondary N) is 1. The average molecular weight is 286 g/mol. The number of aliphatic hydroxyl groups is 1. The van der Waals surface area contributed by atoms with E-state index in [4.69, 9.17) is 4.74 Å². The summed E-state index contributed by atoms with van der Waals surface area (Å²) in [5.41, 5.74) is 1.91. The zero-order valence-corrected chi connectivity index (χ0v) is 12.2. The maximum Gasteiger partial charge on any atom is 0.128 e. The van der Waals surface area contributed by atoms with Gasteiger partial charge in [0.05, 0.1) is 24.3 Å². The summed E-state index contributed by atoms with van der Waals surface area (Å²) >= 11 is 0. The largest absolute Gasteiger partial charge is 0.490 e. The predicted octanol–water partition coefficient (Wildman–Crippen LogP) is 3.40. The molecule has 0 saturated heterocycles. The molecule has 1 unspecified atom stereocenters. The first kappa shape index (κ1) is 14.1. The summed E-state index contributed by atoms with van der Waals surface area (Å²) in [4.78, 5) is 7.14. The highest BCUT2D eigenvalue weighted by Gasteiger charge is 2.22. The van der Waals surface area contributed by atoms with E-state index in [0.717, 1.165) is 29.8 Å². The Bertz CT molecular complexity index is 548. The van der Waals surface area contributed by atoms with E-state index in [1.807, 2.05) is 24.3 Å². The normalized spacial score (nSPS) is 17.6. The number of aromatic nitrogens is 2. The molecule has 1 aliphatic rings. The summed E-state index contributed by atoms with van der Waals surface area (Å²) in [5, 5.41) is 10.3. The molecular weight excluding hydrogens is 264 g/mol. The molecule has 1 saturated carbocycles. The Labute approximate surface area is 125 Å². The summed E-state index contributed by atoms with van der Waals surface area (Å²) < 4.78 is 5.88. The molecule has 1 atom stereocenters. The van der Waals surface area contributed by atoms with Crippen LogP contribution in [0, 0.1) is 5.92 Å². The second kappa shape index (κ2) is 6.76. The Kier molecular flexibility index (Phi) is 4.55. The van der Waals surface area contributed by atoms with Crippen LogP contribution in [0.3, 0.4) is 0 Å². The van der Waals surface area contributed by atoms with E-state index in [1.54, 1.807) is 12.5 Å². The number of nitrogens with zero attached hydrogens (tertiary/aromatic N) is 1. The van der Waals surface area contributed by atoms with Gasteiger partial charge in [-0.15, -0.1) is 0 Å². The number of benzene rings is 1. The van der Waals surface area contributed by atoms with Crippen molar-refractivity contribution < 1.29 is 9.84 Å². The Morgan fingerprint density at radius 1 is 1.24 bits per heavy atom. The fourth-order valence-corrected chi connectivity index (χ4v) is 3.05. The van der Waals surface area contributed by atoms with Gasteiger partial charge in [-0.05, 0) is 30.9 Å². The molecule has 0 aliphatic heterocycles. The van der Waals surface area contributed by atoms with Crippen LogP contribution in [-0.4, -0.2) is 27.8 Å². The summed E-state index contributed by atoms with van der Waals surface area (Å²) in [6.07, 6.45) is 9.05. The molecule has 1 heterocycles.